The molecule has 1 aromatic carbocycles. The number of aromatic nitrogens is 2. The van der Waals surface area contributed by atoms with Crippen molar-refractivity contribution in [2.45, 2.75) is 19.4 Å². The van der Waals surface area contributed by atoms with E-state index in [1.54, 1.807) is 7.11 Å². The molecule has 0 saturated carbocycles. The second-order valence-electron chi connectivity index (χ2n) is 5.58. The molecule has 6 nitrogen and oxygen atoms in total. The van der Waals surface area contributed by atoms with Gasteiger partial charge in [-0.05, 0) is 30.7 Å². The molecule has 1 aromatic heterocycles. The number of carbonyl (C=O) groups excluding carboxylic acids is 1. The minimum Gasteiger partial charge on any atom is -0.497 e. The minimum atomic E-state index is 0.0280. The lowest BCUT2D eigenvalue weighted by molar-refractivity contribution is -0.125. The molecule has 23 heavy (non-hydrogen) atoms. The molecule has 0 aliphatic carbocycles. The largest absolute Gasteiger partial charge is 0.497 e. The third-order valence-electron chi connectivity index (χ3n) is 4.07. The van der Waals surface area contributed by atoms with Crippen LogP contribution in [0.4, 0.5) is 0 Å². The van der Waals surface area contributed by atoms with Crippen molar-refractivity contribution in [1.29, 1.82) is 0 Å². The highest BCUT2D eigenvalue weighted by molar-refractivity contribution is 5.79. The summed E-state index contributed by atoms with van der Waals surface area (Å²) in [6.45, 7) is 1.80. The van der Waals surface area contributed by atoms with Crippen LogP contribution in [0.1, 0.15) is 12.1 Å². The zero-order valence-corrected chi connectivity index (χ0v) is 13.2. The summed E-state index contributed by atoms with van der Waals surface area (Å²) in [6, 6.07) is 7.39. The summed E-state index contributed by atoms with van der Waals surface area (Å²) in [6.07, 6.45) is 5.28. The summed E-state index contributed by atoms with van der Waals surface area (Å²) < 4.78 is 12.8. The molecular weight excluding hydrogens is 294 g/mol. The molecule has 122 valence electrons. The minimum absolute atomic E-state index is 0.0280. The van der Waals surface area contributed by atoms with Crippen LogP contribution in [0.2, 0.25) is 0 Å². The zero-order valence-electron chi connectivity index (χ0n) is 13.2. The highest BCUT2D eigenvalue weighted by Gasteiger charge is 2.24. The molecule has 1 aliphatic rings. The lowest BCUT2D eigenvalue weighted by atomic mass is 9.95. The van der Waals surface area contributed by atoms with E-state index in [0.717, 1.165) is 36.6 Å². The predicted molar refractivity (Wildman–Crippen MR) is 85.5 cm³/mol. The van der Waals surface area contributed by atoms with E-state index in [4.69, 9.17) is 9.47 Å². The Labute approximate surface area is 135 Å². The van der Waals surface area contributed by atoms with Gasteiger partial charge >= 0.3 is 0 Å². The van der Waals surface area contributed by atoms with E-state index in [1.807, 2.05) is 36.8 Å². The highest BCUT2D eigenvalue weighted by Crippen LogP contribution is 2.20. The van der Waals surface area contributed by atoms with Gasteiger partial charge < -0.3 is 19.4 Å². The van der Waals surface area contributed by atoms with Crippen molar-refractivity contribution >= 4 is 5.91 Å². The van der Waals surface area contributed by atoms with Crippen molar-refractivity contribution in [2.24, 2.45) is 5.92 Å². The first-order valence-electron chi connectivity index (χ1n) is 7.80. The lowest BCUT2D eigenvalue weighted by Gasteiger charge is -2.22. The van der Waals surface area contributed by atoms with E-state index < -0.39 is 0 Å². The quantitative estimate of drug-likeness (QED) is 0.823. The Morgan fingerprint density at radius 2 is 2.13 bits per heavy atom. The summed E-state index contributed by atoms with van der Waals surface area (Å²) in [5.74, 6) is 1.68. The number of benzene rings is 1. The second-order valence-corrected chi connectivity index (χ2v) is 5.58. The predicted octanol–water partition coefficient (Wildman–Crippen LogP) is 1.65. The number of rotatable bonds is 6. The molecule has 2 heterocycles. The Bertz CT molecular complexity index is 651. The molecule has 1 atom stereocenters. The summed E-state index contributed by atoms with van der Waals surface area (Å²) in [4.78, 5) is 16.3. The number of ether oxygens (including phenoxy) is 2. The third kappa shape index (κ3) is 3.83. The summed E-state index contributed by atoms with van der Waals surface area (Å²) in [5.41, 5.74) is 1.13. The first-order valence-corrected chi connectivity index (χ1v) is 7.80. The van der Waals surface area contributed by atoms with Crippen LogP contribution in [0.15, 0.2) is 36.8 Å². The molecule has 3 rings (SSSR count). The summed E-state index contributed by atoms with van der Waals surface area (Å²) >= 11 is 0. The molecule has 1 N–H and O–H groups in total. The highest BCUT2D eigenvalue weighted by atomic mass is 16.5. The third-order valence-corrected chi connectivity index (χ3v) is 4.07. The molecule has 6 heteroatoms. The maximum absolute atomic E-state index is 12.2. The molecule has 1 amide bonds. The number of carbonyl (C=O) groups is 1. The molecule has 1 aliphatic heterocycles. The van der Waals surface area contributed by atoms with E-state index in [9.17, 15) is 4.79 Å². The van der Waals surface area contributed by atoms with Crippen molar-refractivity contribution in [3.8, 4) is 11.5 Å². The smallest absolute Gasteiger partial charge is 0.223 e. The second kappa shape index (κ2) is 7.17. The van der Waals surface area contributed by atoms with Gasteiger partial charge in [-0.1, -0.05) is 0 Å². The zero-order chi connectivity index (χ0) is 16.1. The van der Waals surface area contributed by atoms with Crippen LogP contribution in [0.3, 0.4) is 0 Å². The molecule has 0 fully saturated rings. The molecule has 2 aromatic rings. The molecular formula is C17H21N3O3. The molecule has 0 saturated heterocycles. The van der Waals surface area contributed by atoms with Gasteiger partial charge in [-0.2, -0.15) is 0 Å². The molecule has 0 radical (unpaired) electrons. The molecule has 0 spiro atoms. The van der Waals surface area contributed by atoms with Gasteiger partial charge in [0.25, 0.3) is 0 Å². The van der Waals surface area contributed by atoms with Crippen LogP contribution in [-0.4, -0.2) is 35.7 Å². The number of hydrogen-bond acceptors (Lipinski definition) is 4. The van der Waals surface area contributed by atoms with Crippen molar-refractivity contribution in [1.82, 2.24) is 14.9 Å². The van der Waals surface area contributed by atoms with Crippen molar-refractivity contribution < 1.29 is 14.3 Å². The monoisotopic (exact) mass is 315 g/mol. The van der Waals surface area contributed by atoms with Gasteiger partial charge in [-0.15, -0.1) is 0 Å². The SMILES string of the molecule is COc1ccc(OCCNC(=O)C2CCn3cncc3C2)cc1. The fourth-order valence-corrected chi connectivity index (χ4v) is 2.75. The normalized spacial score (nSPS) is 16.5. The van der Waals surface area contributed by atoms with Crippen LogP contribution in [0.5, 0.6) is 11.5 Å². The number of fused-ring (bicyclic) bond motifs is 1. The topological polar surface area (TPSA) is 65.4 Å². The Hall–Kier alpha value is -2.50. The average molecular weight is 315 g/mol. The standard InChI is InChI=1S/C17H21N3O3/c1-22-15-2-4-16(5-3-15)23-9-7-19-17(21)13-6-8-20-12-18-11-14(20)10-13/h2-5,11-13H,6-10H2,1H3,(H,19,21). The van der Waals surface area contributed by atoms with Crippen LogP contribution in [0.25, 0.3) is 0 Å². The van der Waals surface area contributed by atoms with E-state index in [1.165, 1.54) is 0 Å². The number of aryl methyl sites for hydroxylation is 1. The lowest BCUT2D eigenvalue weighted by Crippen LogP contribution is -2.37. The maximum atomic E-state index is 12.2. The van der Waals surface area contributed by atoms with Crippen molar-refractivity contribution in [3.63, 3.8) is 0 Å². The van der Waals surface area contributed by atoms with Crippen molar-refractivity contribution in [2.75, 3.05) is 20.3 Å². The van der Waals surface area contributed by atoms with Crippen molar-refractivity contribution in [3.05, 3.63) is 42.5 Å². The Morgan fingerprint density at radius 3 is 2.91 bits per heavy atom. The van der Waals surface area contributed by atoms with Gasteiger partial charge in [0.1, 0.15) is 18.1 Å². The van der Waals surface area contributed by atoms with Gasteiger partial charge in [0.15, 0.2) is 0 Å². The molecule has 1 unspecified atom stereocenters. The number of amides is 1. The maximum Gasteiger partial charge on any atom is 0.223 e. The number of methoxy groups -OCH3 is 1. The Kier molecular flexibility index (Phi) is 4.80. The van der Waals surface area contributed by atoms with Gasteiger partial charge in [-0.25, -0.2) is 4.98 Å². The van der Waals surface area contributed by atoms with Crippen LogP contribution >= 0.6 is 0 Å². The van der Waals surface area contributed by atoms with Gasteiger partial charge in [-0.3, -0.25) is 4.79 Å². The average Bonchev–Trinajstić information content (AvgIpc) is 3.06. The van der Waals surface area contributed by atoms with E-state index in [0.29, 0.717) is 13.2 Å². The van der Waals surface area contributed by atoms with Gasteiger partial charge in [0, 0.05) is 30.8 Å². The summed E-state index contributed by atoms with van der Waals surface area (Å²) in [7, 11) is 1.63. The first kappa shape index (κ1) is 15.4. The van der Waals surface area contributed by atoms with Crippen LogP contribution < -0.4 is 14.8 Å². The van der Waals surface area contributed by atoms with Crippen LogP contribution in [0, 0.1) is 5.92 Å². The number of imidazole rings is 1. The number of nitrogens with zero attached hydrogens (tertiary/aromatic N) is 2. The number of hydrogen-bond donors (Lipinski definition) is 1. The van der Waals surface area contributed by atoms with E-state index >= 15 is 0 Å². The van der Waals surface area contributed by atoms with Gasteiger partial charge in [0.05, 0.1) is 20.0 Å². The first-order chi connectivity index (χ1) is 11.3. The fourth-order valence-electron chi connectivity index (χ4n) is 2.75. The van der Waals surface area contributed by atoms with E-state index in [2.05, 4.69) is 14.9 Å². The molecule has 0 bridgehead atoms. The van der Waals surface area contributed by atoms with Crippen LogP contribution in [-0.2, 0) is 17.8 Å². The Morgan fingerprint density at radius 1 is 1.35 bits per heavy atom. The van der Waals surface area contributed by atoms with E-state index in [-0.39, 0.29) is 11.8 Å². The summed E-state index contributed by atoms with van der Waals surface area (Å²) in [5, 5.41) is 2.95. The number of nitrogens with one attached hydrogen (secondary N) is 1. The fraction of sp³-hybridized carbons (Fsp3) is 0.412. The Balaban J connectivity index is 1.39. The van der Waals surface area contributed by atoms with Gasteiger partial charge in [0.2, 0.25) is 5.91 Å².